The maximum absolute atomic E-state index is 13.9. The molecule has 3 rings (SSSR count). The Hall–Kier alpha value is -3.00. The van der Waals surface area contributed by atoms with Gasteiger partial charge in [-0.2, -0.15) is 0 Å². The summed E-state index contributed by atoms with van der Waals surface area (Å²) < 4.78 is 54.3. The van der Waals surface area contributed by atoms with Crippen molar-refractivity contribution in [1.29, 1.82) is 0 Å². The van der Waals surface area contributed by atoms with Gasteiger partial charge >= 0.3 is 0 Å². The van der Waals surface area contributed by atoms with Gasteiger partial charge in [0, 0.05) is 24.4 Å². The summed E-state index contributed by atoms with van der Waals surface area (Å²) in [5.41, 5.74) is 0.851. The standard InChI is InChI=1S/C21H21F2N3O2S/c1-3-26(17-7-5-4-6-8-17)29(27,28)18-10-12-21(24-14-18)25-15(2)19-11-9-16(22)13-20(19)23/h4-15H,3H2,1-2H3,(H,24,25)/t15-/m1/s1. The fraction of sp³-hybridized carbons (Fsp3) is 0.190. The largest absolute Gasteiger partial charge is 0.363 e. The average molecular weight is 417 g/mol. The first-order valence-corrected chi connectivity index (χ1v) is 10.5. The maximum atomic E-state index is 13.9. The number of rotatable bonds is 7. The summed E-state index contributed by atoms with van der Waals surface area (Å²) in [5, 5.41) is 2.99. The molecule has 1 heterocycles. The van der Waals surface area contributed by atoms with E-state index in [4.69, 9.17) is 0 Å². The fourth-order valence-corrected chi connectivity index (χ4v) is 4.40. The molecule has 3 aromatic rings. The van der Waals surface area contributed by atoms with E-state index < -0.39 is 27.7 Å². The minimum absolute atomic E-state index is 0.0503. The van der Waals surface area contributed by atoms with Gasteiger partial charge in [-0.05, 0) is 44.2 Å². The van der Waals surface area contributed by atoms with Gasteiger partial charge in [-0.15, -0.1) is 0 Å². The van der Waals surface area contributed by atoms with Crippen molar-refractivity contribution in [1.82, 2.24) is 4.98 Å². The van der Waals surface area contributed by atoms with Crippen LogP contribution in [0.3, 0.4) is 0 Å². The zero-order chi connectivity index (χ0) is 21.0. The van der Waals surface area contributed by atoms with Gasteiger partial charge in [0.1, 0.15) is 22.3 Å². The Morgan fingerprint density at radius 2 is 1.79 bits per heavy atom. The van der Waals surface area contributed by atoms with E-state index >= 15 is 0 Å². The minimum atomic E-state index is -3.77. The third kappa shape index (κ3) is 4.54. The van der Waals surface area contributed by atoms with E-state index in [1.807, 2.05) is 6.07 Å². The van der Waals surface area contributed by atoms with E-state index in [1.54, 1.807) is 38.1 Å². The Morgan fingerprint density at radius 1 is 1.07 bits per heavy atom. The second-order valence-electron chi connectivity index (χ2n) is 6.42. The number of aromatic nitrogens is 1. The van der Waals surface area contributed by atoms with Crippen LogP contribution >= 0.6 is 0 Å². The SMILES string of the molecule is CCN(c1ccccc1)S(=O)(=O)c1ccc(N[C@H](C)c2ccc(F)cc2F)nc1. The number of anilines is 2. The van der Waals surface area contributed by atoms with Crippen molar-refractivity contribution in [2.45, 2.75) is 24.8 Å². The van der Waals surface area contributed by atoms with Gasteiger partial charge in [0.25, 0.3) is 10.0 Å². The first-order chi connectivity index (χ1) is 13.8. The molecule has 5 nitrogen and oxygen atoms in total. The molecule has 1 aromatic heterocycles. The van der Waals surface area contributed by atoms with E-state index in [9.17, 15) is 17.2 Å². The number of pyridine rings is 1. The summed E-state index contributed by atoms with van der Waals surface area (Å²) in [6.45, 7) is 3.73. The first-order valence-electron chi connectivity index (χ1n) is 9.08. The summed E-state index contributed by atoms with van der Waals surface area (Å²) in [7, 11) is -3.77. The Labute approximate surface area is 169 Å². The highest BCUT2D eigenvalue weighted by Crippen LogP contribution is 2.25. The fourth-order valence-electron chi connectivity index (χ4n) is 2.98. The molecule has 0 spiro atoms. The van der Waals surface area contributed by atoms with Crippen LogP contribution in [0.4, 0.5) is 20.3 Å². The number of benzene rings is 2. The molecule has 0 saturated heterocycles. The molecular weight excluding hydrogens is 396 g/mol. The Bertz CT molecular complexity index is 1070. The zero-order valence-corrected chi connectivity index (χ0v) is 16.8. The smallest absolute Gasteiger partial charge is 0.265 e. The molecule has 1 N–H and O–H groups in total. The Morgan fingerprint density at radius 3 is 2.38 bits per heavy atom. The van der Waals surface area contributed by atoms with E-state index in [0.717, 1.165) is 6.07 Å². The highest BCUT2D eigenvalue weighted by molar-refractivity contribution is 7.92. The molecular formula is C21H21F2N3O2S. The normalized spacial score (nSPS) is 12.4. The third-order valence-corrected chi connectivity index (χ3v) is 6.34. The number of halogens is 2. The Balaban J connectivity index is 1.80. The lowest BCUT2D eigenvalue weighted by atomic mass is 10.1. The van der Waals surface area contributed by atoms with Crippen LogP contribution in [-0.4, -0.2) is 19.9 Å². The summed E-state index contributed by atoms with van der Waals surface area (Å²) in [4.78, 5) is 4.20. The van der Waals surface area contributed by atoms with Gasteiger partial charge in [-0.1, -0.05) is 24.3 Å². The van der Waals surface area contributed by atoms with Crippen LogP contribution < -0.4 is 9.62 Å². The molecule has 1 atom stereocenters. The maximum Gasteiger partial charge on any atom is 0.265 e. The van der Waals surface area contributed by atoms with Crippen molar-refractivity contribution in [3.8, 4) is 0 Å². The predicted molar refractivity (Wildman–Crippen MR) is 109 cm³/mol. The summed E-state index contributed by atoms with van der Waals surface area (Å²) >= 11 is 0. The van der Waals surface area contributed by atoms with Gasteiger partial charge in [0.15, 0.2) is 0 Å². The molecule has 152 valence electrons. The van der Waals surface area contributed by atoms with Gasteiger partial charge < -0.3 is 5.32 Å². The van der Waals surface area contributed by atoms with Gasteiger partial charge in [0.05, 0.1) is 11.7 Å². The average Bonchev–Trinajstić information content (AvgIpc) is 2.69. The van der Waals surface area contributed by atoms with Crippen molar-refractivity contribution >= 4 is 21.5 Å². The number of hydrogen-bond donors (Lipinski definition) is 1. The quantitative estimate of drug-likeness (QED) is 0.603. The van der Waals surface area contributed by atoms with Crippen LogP contribution in [0.15, 0.2) is 71.8 Å². The van der Waals surface area contributed by atoms with Gasteiger partial charge in [0.2, 0.25) is 0 Å². The van der Waals surface area contributed by atoms with Crippen LogP contribution in [0, 0.1) is 11.6 Å². The van der Waals surface area contributed by atoms with E-state index in [-0.39, 0.29) is 17.0 Å². The molecule has 0 aliphatic carbocycles. The Kier molecular flexibility index (Phi) is 6.12. The topological polar surface area (TPSA) is 62.3 Å². The van der Waals surface area contributed by atoms with E-state index in [2.05, 4.69) is 10.3 Å². The molecule has 0 bridgehead atoms. The first kappa shape index (κ1) is 20.7. The van der Waals surface area contributed by atoms with E-state index in [1.165, 1.54) is 34.8 Å². The van der Waals surface area contributed by atoms with Gasteiger partial charge in [-0.3, -0.25) is 4.31 Å². The van der Waals surface area contributed by atoms with Crippen molar-refractivity contribution in [3.05, 3.63) is 84.1 Å². The van der Waals surface area contributed by atoms with Crippen molar-refractivity contribution in [2.24, 2.45) is 0 Å². The minimum Gasteiger partial charge on any atom is -0.363 e. The summed E-state index contributed by atoms with van der Waals surface area (Å²) in [5.74, 6) is -0.932. The predicted octanol–water partition coefficient (Wildman–Crippen LogP) is 4.75. The van der Waals surface area contributed by atoms with E-state index in [0.29, 0.717) is 11.5 Å². The third-order valence-electron chi connectivity index (χ3n) is 4.45. The lowest BCUT2D eigenvalue weighted by Gasteiger charge is -2.23. The second kappa shape index (κ2) is 8.57. The molecule has 0 saturated carbocycles. The van der Waals surface area contributed by atoms with Crippen LogP contribution in [-0.2, 0) is 10.0 Å². The molecule has 0 aliphatic rings. The lowest BCUT2D eigenvalue weighted by Crippen LogP contribution is -2.30. The highest BCUT2D eigenvalue weighted by atomic mass is 32.2. The van der Waals surface area contributed by atoms with Crippen LogP contribution in [0.1, 0.15) is 25.5 Å². The van der Waals surface area contributed by atoms with Gasteiger partial charge in [-0.25, -0.2) is 22.2 Å². The molecule has 0 aliphatic heterocycles. The zero-order valence-electron chi connectivity index (χ0n) is 16.0. The molecule has 0 unspecified atom stereocenters. The molecule has 2 aromatic carbocycles. The van der Waals surface area contributed by atoms with Crippen LogP contribution in [0.25, 0.3) is 0 Å². The molecule has 8 heteroatoms. The second-order valence-corrected chi connectivity index (χ2v) is 8.28. The monoisotopic (exact) mass is 417 g/mol. The molecule has 0 radical (unpaired) electrons. The molecule has 29 heavy (non-hydrogen) atoms. The summed E-state index contributed by atoms with van der Waals surface area (Å²) in [6, 6.07) is 14.7. The summed E-state index contributed by atoms with van der Waals surface area (Å²) in [6.07, 6.45) is 1.26. The van der Waals surface area contributed by atoms with Crippen LogP contribution in [0.2, 0.25) is 0 Å². The number of sulfonamides is 1. The molecule has 0 fully saturated rings. The van der Waals surface area contributed by atoms with Crippen molar-refractivity contribution < 1.29 is 17.2 Å². The lowest BCUT2D eigenvalue weighted by molar-refractivity contribution is 0.566. The highest BCUT2D eigenvalue weighted by Gasteiger charge is 2.24. The number of para-hydroxylation sites is 1. The number of hydrogen-bond acceptors (Lipinski definition) is 4. The van der Waals surface area contributed by atoms with Crippen molar-refractivity contribution in [3.63, 3.8) is 0 Å². The number of nitrogens with one attached hydrogen (secondary N) is 1. The van der Waals surface area contributed by atoms with Crippen molar-refractivity contribution in [2.75, 3.05) is 16.2 Å². The number of nitrogens with zero attached hydrogens (tertiary/aromatic N) is 2. The van der Waals surface area contributed by atoms with Crippen LogP contribution in [0.5, 0.6) is 0 Å². The molecule has 0 amide bonds.